The highest BCUT2D eigenvalue weighted by atomic mass is 32.2. The number of carbonyl (C=O) groups excluding carboxylic acids is 1. The zero-order chi connectivity index (χ0) is 17.9. The number of benzene rings is 2. The minimum Gasteiger partial charge on any atom is -0.493 e. The maximum absolute atomic E-state index is 12.5. The van der Waals surface area contributed by atoms with E-state index in [4.69, 9.17) is 9.47 Å². The van der Waals surface area contributed by atoms with Gasteiger partial charge < -0.3 is 14.4 Å². The second-order valence-electron chi connectivity index (χ2n) is 6.71. The summed E-state index contributed by atoms with van der Waals surface area (Å²) in [7, 11) is 1.66. The standard InChI is InChI=1S/C21H23NO3S/c1-24-19-13-17(21-22(11-12-26-21)20(23)16-7-8-16)9-10-18(19)25-14-15-5-3-2-4-6-15/h2-6,9-10,13,16,21H,7-8,11-12,14H2,1H3/t21-/m0/s1. The summed E-state index contributed by atoms with van der Waals surface area (Å²) < 4.78 is 11.5. The maximum Gasteiger partial charge on any atom is 0.226 e. The Morgan fingerprint density at radius 3 is 2.69 bits per heavy atom. The minimum absolute atomic E-state index is 0.0835. The molecule has 1 aliphatic heterocycles. The van der Waals surface area contributed by atoms with Crippen molar-refractivity contribution in [3.05, 3.63) is 59.7 Å². The third kappa shape index (κ3) is 3.68. The van der Waals surface area contributed by atoms with Crippen LogP contribution in [0.2, 0.25) is 0 Å². The van der Waals surface area contributed by atoms with Crippen LogP contribution in [-0.2, 0) is 11.4 Å². The normalized spacial score (nSPS) is 19.4. The van der Waals surface area contributed by atoms with Crippen molar-refractivity contribution in [3.63, 3.8) is 0 Å². The Morgan fingerprint density at radius 1 is 1.15 bits per heavy atom. The average molecular weight is 369 g/mol. The fraction of sp³-hybridized carbons (Fsp3) is 0.381. The quantitative estimate of drug-likeness (QED) is 0.763. The van der Waals surface area contributed by atoms with Crippen LogP contribution >= 0.6 is 11.8 Å². The van der Waals surface area contributed by atoms with E-state index in [1.165, 1.54) is 0 Å². The lowest BCUT2D eigenvalue weighted by molar-refractivity contribution is -0.132. The molecule has 1 atom stereocenters. The van der Waals surface area contributed by atoms with Crippen molar-refractivity contribution in [1.82, 2.24) is 4.90 Å². The fourth-order valence-corrected chi connectivity index (χ4v) is 4.48. The van der Waals surface area contributed by atoms with Gasteiger partial charge in [-0.3, -0.25) is 4.79 Å². The van der Waals surface area contributed by atoms with E-state index in [2.05, 4.69) is 6.07 Å². The van der Waals surface area contributed by atoms with Crippen molar-refractivity contribution in [1.29, 1.82) is 0 Å². The van der Waals surface area contributed by atoms with Gasteiger partial charge in [-0.25, -0.2) is 0 Å². The van der Waals surface area contributed by atoms with E-state index < -0.39 is 0 Å². The van der Waals surface area contributed by atoms with E-state index >= 15 is 0 Å². The molecular formula is C21H23NO3S. The highest BCUT2D eigenvalue weighted by Gasteiger charge is 2.39. The Labute approximate surface area is 158 Å². The summed E-state index contributed by atoms with van der Waals surface area (Å²) in [5, 5.41) is 0.0835. The zero-order valence-corrected chi connectivity index (χ0v) is 15.7. The molecule has 0 aromatic heterocycles. The van der Waals surface area contributed by atoms with Crippen LogP contribution in [0.3, 0.4) is 0 Å². The summed E-state index contributed by atoms with van der Waals surface area (Å²) in [5.74, 6) is 2.99. The highest BCUT2D eigenvalue weighted by molar-refractivity contribution is 7.99. The first-order valence-electron chi connectivity index (χ1n) is 9.03. The molecule has 1 amide bonds. The Kier molecular flexibility index (Phi) is 5.07. The molecule has 2 aromatic carbocycles. The molecule has 1 saturated heterocycles. The molecule has 2 aliphatic rings. The number of rotatable bonds is 6. The maximum atomic E-state index is 12.5. The van der Waals surface area contributed by atoms with Crippen molar-refractivity contribution < 1.29 is 14.3 Å². The van der Waals surface area contributed by atoms with Gasteiger partial charge in [0.1, 0.15) is 12.0 Å². The van der Waals surface area contributed by atoms with Gasteiger partial charge in [-0.05, 0) is 36.1 Å². The fourth-order valence-electron chi connectivity index (χ4n) is 3.23. The molecule has 26 heavy (non-hydrogen) atoms. The number of amides is 1. The van der Waals surface area contributed by atoms with Gasteiger partial charge in [0, 0.05) is 18.2 Å². The van der Waals surface area contributed by atoms with Gasteiger partial charge in [0.05, 0.1) is 7.11 Å². The minimum atomic E-state index is 0.0835. The third-order valence-electron chi connectivity index (χ3n) is 4.81. The second kappa shape index (κ2) is 7.62. The summed E-state index contributed by atoms with van der Waals surface area (Å²) in [6, 6.07) is 16.1. The van der Waals surface area contributed by atoms with Crippen LogP contribution in [-0.4, -0.2) is 30.2 Å². The number of methoxy groups -OCH3 is 1. The molecule has 2 fully saturated rings. The summed E-state index contributed by atoms with van der Waals surface area (Å²) in [5.41, 5.74) is 2.22. The van der Waals surface area contributed by atoms with E-state index in [1.54, 1.807) is 7.11 Å². The van der Waals surface area contributed by atoms with Crippen LogP contribution in [0.1, 0.15) is 29.3 Å². The first-order valence-corrected chi connectivity index (χ1v) is 10.1. The molecular weight excluding hydrogens is 346 g/mol. The number of nitrogens with zero attached hydrogens (tertiary/aromatic N) is 1. The molecule has 4 nitrogen and oxygen atoms in total. The molecule has 0 N–H and O–H groups in total. The van der Waals surface area contributed by atoms with Crippen LogP contribution in [0.4, 0.5) is 0 Å². The van der Waals surface area contributed by atoms with Gasteiger partial charge >= 0.3 is 0 Å². The predicted molar refractivity (Wildman–Crippen MR) is 103 cm³/mol. The summed E-state index contributed by atoms with van der Waals surface area (Å²) in [4.78, 5) is 14.6. The second-order valence-corrected chi connectivity index (χ2v) is 7.90. The lowest BCUT2D eigenvalue weighted by atomic mass is 10.1. The molecule has 0 unspecified atom stereocenters. The van der Waals surface area contributed by atoms with E-state index in [1.807, 2.05) is 59.1 Å². The van der Waals surface area contributed by atoms with Crippen molar-refractivity contribution in [2.75, 3.05) is 19.4 Å². The van der Waals surface area contributed by atoms with Crippen molar-refractivity contribution >= 4 is 17.7 Å². The summed E-state index contributed by atoms with van der Waals surface area (Å²) in [6.07, 6.45) is 2.09. The Bertz CT molecular complexity index is 776. The molecule has 2 aromatic rings. The average Bonchev–Trinajstić information content (AvgIpc) is 3.43. The first-order chi connectivity index (χ1) is 12.8. The molecule has 0 radical (unpaired) electrons. The highest BCUT2D eigenvalue weighted by Crippen LogP contribution is 2.44. The van der Waals surface area contributed by atoms with Gasteiger partial charge in [0.25, 0.3) is 0 Å². The Balaban J connectivity index is 1.50. The Hall–Kier alpha value is -2.14. The van der Waals surface area contributed by atoms with Crippen molar-refractivity contribution in [2.24, 2.45) is 5.92 Å². The zero-order valence-electron chi connectivity index (χ0n) is 14.9. The smallest absolute Gasteiger partial charge is 0.226 e. The van der Waals surface area contributed by atoms with Gasteiger partial charge in [-0.2, -0.15) is 0 Å². The predicted octanol–water partition coefficient (Wildman–Crippen LogP) is 4.26. The van der Waals surface area contributed by atoms with Gasteiger partial charge in [0.2, 0.25) is 5.91 Å². The van der Waals surface area contributed by atoms with Crippen LogP contribution in [0.25, 0.3) is 0 Å². The molecule has 1 heterocycles. The van der Waals surface area contributed by atoms with E-state index in [0.29, 0.717) is 18.3 Å². The lowest BCUT2D eigenvalue weighted by Crippen LogP contribution is -2.31. The number of hydrogen-bond donors (Lipinski definition) is 0. The molecule has 5 heteroatoms. The topological polar surface area (TPSA) is 38.8 Å². The van der Waals surface area contributed by atoms with Gasteiger partial charge in [0.15, 0.2) is 11.5 Å². The lowest BCUT2D eigenvalue weighted by Gasteiger charge is -2.25. The molecule has 136 valence electrons. The number of carbonyl (C=O) groups is 1. The number of hydrogen-bond acceptors (Lipinski definition) is 4. The summed E-state index contributed by atoms with van der Waals surface area (Å²) >= 11 is 1.82. The number of ether oxygens (including phenoxy) is 2. The monoisotopic (exact) mass is 369 g/mol. The number of thioether (sulfide) groups is 1. The third-order valence-corrected chi connectivity index (χ3v) is 6.07. The van der Waals surface area contributed by atoms with E-state index in [0.717, 1.165) is 42.0 Å². The van der Waals surface area contributed by atoms with Gasteiger partial charge in [-0.1, -0.05) is 36.4 Å². The van der Waals surface area contributed by atoms with Crippen molar-refractivity contribution in [2.45, 2.75) is 24.8 Å². The van der Waals surface area contributed by atoms with E-state index in [-0.39, 0.29) is 11.3 Å². The van der Waals surface area contributed by atoms with Crippen LogP contribution in [0.15, 0.2) is 48.5 Å². The van der Waals surface area contributed by atoms with Crippen LogP contribution < -0.4 is 9.47 Å². The summed E-state index contributed by atoms with van der Waals surface area (Å²) in [6.45, 7) is 1.33. The molecule has 1 saturated carbocycles. The first kappa shape index (κ1) is 17.3. The van der Waals surface area contributed by atoms with Gasteiger partial charge in [-0.15, -0.1) is 11.8 Å². The molecule has 4 rings (SSSR count). The van der Waals surface area contributed by atoms with Crippen LogP contribution in [0, 0.1) is 5.92 Å². The molecule has 1 aliphatic carbocycles. The Morgan fingerprint density at radius 2 is 1.96 bits per heavy atom. The largest absolute Gasteiger partial charge is 0.493 e. The molecule has 0 spiro atoms. The van der Waals surface area contributed by atoms with Crippen molar-refractivity contribution in [3.8, 4) is 11.5 Å². The SMILES string of the molecule is COc1cc([C@@H]2SCCN2C(=O)C2CC2)ccc1OCc1ccccc1. The van der Waals surface area contributed by atoms with E-state index in [9.17, 15) is 4.79 Å². The molecule has 0 bridgehead atoms. The van der Waals surface area contributed by atoms with Crippen LogP contribution in [0.5, 0.6) is 11.5 Å².